The molecule has 4 nitrogen and oxygen atoms in total. The van der Waals surface area contributed by atoms with Gasteiger partial charge in [-0.05, 0) is 49.1 Å². The molecule has 26 heavy (non-hydrogen) atoms. The van der Waals surface area contributed by atoms with Crippen LogP contribution in [0.25, 0.3) is 10.9 Å². The number of hydrogen-bond donors (Lipinski definition) is 2. The van der Waals surface area contributed by atoms with Gasteiger partial charge in [0, 0.05) is 27.2 Å². The quantitative estimate of drug-likeness (QED) is 0.582. The fourth-order valence-electron chi connectivity index (χ4n) is 3.41. The van der Waals surface area contributed by atoms with Crippen LogP contribution in [0.15, 0.2) is 36.4 Å². The van der Waals surface area contributed by atoms with E-state index < -0.39 is 5.97 Å². The van der Waals surface area contributed by atoms with E-state index in [1.165, 1.54) is 0 Å². The Morgan fingerprint density at radius 3 is 2.50 bits per heavy atom. The molecule has 0 aliphatic rings. The second-order valence-electron chi connectivity index (χ2n) is 6.42. The molecule has 0 unspecified atom stereocenters. The number of carbonyl (C=O) groups excluding carboxylic acids is 1. The van der Waals surface area contributed by atoms with Gasteiger partial charge in [-0.25, -0.2) is 4.79 Å². The lowest BCUT2D eigenvalue weighted by atomic mass is 9.94. The van der Waals surface area contributed by atoms with Crippen LogP contribution in [0.1, 0.15) is 57.8 Å². The summed E-state index contributed by atoms with van der Waals surface area (Å²) in [4.78, 5) is 27.2. The number of hydrogen-bond acceptors (Lipinski definition) is 2. The maximum atomic E-state index is 12.3. The van der Waals surface area contributed by atoms with Gasteiger partial charge in [0.2, 0.25) is 0 Å². The average molecular weight is 370 g/mol. The number of carbonyl (C=O) groups is 2. The maximum Gasteiger partial charge on any atom is 0.335 e. The number of fused-ring (bicyclic) bond motifs is 1. The van der Waals surface area contributed by atoms with Crippen molar-refractivity contribution in [3.05, 3.63) is 69.4 Å². The highest BCUT2D eigenvalue weighted by Crippen LogP contribution is 2.31. The van der Waals surface area contributed by atoms with Gasteiger partial charge in [0.15, 0.2) is 5.78 Å². The van der Waals surface area contributed by atoms with E-state index in [0.717, 1.165) is 35.0 Å². The van der Waals surface area contributed by atoms with Crippen LogP contribution in [-0.4, -0.2) is 21.8 Å². The molecular formula is C21H20ClNO3. The number of Topliss-reactive ketones (excluding diaryl/α,β-unsaturated/α-hetero) is 1. The van der Waals surface area contributed by atoms with E-state index in [-0.39, 0.29) is 11.3 Å². The molecule has 0 aliphatic heterocycles. The highest BCUT2D eigenvalue weighted by Gasteiger charge is 2.20. The zero-order valence-corrected chi connectivity index (χ0v) is 15.5. The summed E-state index contributed by atoms with van der Waals surface area (Å²) in [6.07, 6.45) is 2.08. The summed E-state index contributed by atoms with van der Waals surface area (Å²) in [5.74, 6) is -1.02. The summed E-state index contributed by atoms with van der Waals surface area (Å²) < 4.78 is 0. The van der Waals surface area contributed by atoms with Crippen molar-refractivity contribution in [2.24, 2.45) is 0 Å². The Morgan fingerprint density at radius 1 is 1.15 bits per heavy atom. The third kappa shape index (κ3) is 3.37. The van der Waals surface area contributed by atoms with E-state index in [9.17, 15) is 14.7 Å². The van der Waals surface area contributed by atoms with Gasteiger partial charge in [-0.2, -0.15) is 0 Å². The van der Waals surface area contributed by atoms with E-state index >= 15 is 0 Å². The van der Waals surface area contributed by atoms with Gasteiger partial charge >= 0.3 is 5.97 Å². The Balaban J connectivity index is 2.29. The van der Waals surface area contributed by atoms with E-state index in [2.05, 4.69) is 4.98 Å². The minimum atomic E-state index is -0.997. The van der Waals surface area contributed by atoms with Crippen LogP contribution in [0.3, 0.4) is 0 Å². The molecule has 0 radical (unpaired) electrons. The SMILES string of the molecule is CCCc1[nH]c2cc(C(=O)O)cc(Cc3ccccc3Cl)c2c1C(C)=O. The molecule has 0 spiro atoms. The molecule has 3 rings (SSSR count). The zero-order valence-electron chi connectivity index (χ0n) is 14.7. The van der Waals surface area contributed by atoms with Gasteiger partial charge in [0.05, 0.1) is 5.56 Å². The van der Waals surface area contributed by atoms with Gasteiger partial charge in [0.1, 0.15) is 0 Å². The second kappa shape index (κ2) is 7.34. The molecule has 0 aliphatic carbocycles. The van der Waals surface area contributed by atoms with E-state index in [0.29, 0.717) is 22.5 Å². The predicted octanol–water partition coefficient (Wildman–Crippen LogP) is 5.27. The monoisotopic (exact) mass is 369 g/mol. The number of carboxylic acid groups (broad SMARTS) is 1. The van der Waals surface area contributed by atoms with Gasteiger partial charge in [-0.1, -0.05) is 43.1 Å². The van der Waals surface area contributed by atoms with Crippen molar-refractivity contribution in [3.63, 3.8) is 0 Å². The molecule has 1 heterocycles. The summed E-state index contributed by atoms with van der Waals surface area (Å²) in [6, 6.07) is 10.7. The number of ketones is 1. The minimum Gasteiger partial charge on any atom is -0.478 e. The standard InChI is InChI=1S/C21H20ClNO3/c1-3-6-17-19(12(2)24)20-14(9-13-7-4-5-8-16(13)22)10-15(21(25)26)11-18(20)23-17/h4-5,7-8,10-11,23H,3,6,9H2,1-2H3,(H,25,26). The average Bonchev–Trinajstić information content (AvgIpc) is 2.95. The number of carboxylic acids is 1. The Morgan fingerprint density at radius 2 is 1.88 bits per heavy atom. The molecule has 5 heteroatoms. The molecule has 0 fully saturated rings. The predicted molar refractivity (Wildman–Crippen MR) is 104 cm³/mol. The lowest BCUT2D eigenvalue weighted by Gasteiger charge is -2.09. The first-order valence-electron chi connectivity index (χ1n) is 8.57. The number of aromatic carboxylic acids is 1. The van der Waals surface area contributed by atoms with Crippen LogP contribution in [0, 0.1) is 0 Å². The first-order valence-corrected chi connectivity index (χ1v) is 8.95. The molecule has 0 saturated carbocycles. The fourth-order valence-corrected chi connectivity index (χ4v) is 3.61. The molecule has 0 bridgehead atoms. The van der Waals surface area contributed by atoms with Crippen molar-refractivity contribution < 1.29 is 14.7 Å². The second-order valence-corrected chi connectivity index (χ2v) is 6.82. The number of benzene rings is 2. The Labute approximate surface area is 156 Å². The van der Waals surface area contributed by atoms with Crippen LogP contribution in [0.5, 0.6) is 0 Å². The fraction of sp³-hybridized carbons (Fsp3) is 0.238. The highest BCUT2D eigenvalue weighted by molar-refractivity contribution is 6.31. The summed E-state index contributed by atoms with van der Waals surface area (Å²) in [5.41, 5.74) is 4.07. The summed E-state index contributed by atoms with van der Waals surface area (Å²) in [6.45, 7) is 3.59. The smallest absolute Gasteiger partial charge is 0.335 e. The first kappa shape index (κ1) is 18.2. The van der Waals surface area contributed by atoms with Crippen molar-refractivity contribution in [2.75, 3.05) is 0 Å². The number of halogens is 1. The first-order chi connectivity index (χ1) is 12.4. The Hall–Kier alpha value is -2.59. The Bertz CT molecular complexity index is 1000. The third-order valence-corrected chi connectivity index (χ3v) is 4.86. The molecular weight excluding hydrogens is 350 g/mol. The zero-order chi connectivity index (χ0) is 18.8. The van der Waals surface area contributed by atoms with Gasteiger partial charge in [-0.15, -0.1) is 0 Å². The molecule has 2 aromatic carbocycles. The summed E-state index contributed by atoms with van der Waals surface area (Å²) in [5, 5.41) is 10.9. The summed E-state index contributed by atoms with van der Waals surface area (Å²) in [7, 11) is 0. The number of aromatic amines is 1. The third-order valence-electron chi connectivity index (χ3n) is 4.50. The number of nitrogens with one attached hydrogen (secondary N) is 1. The number of aromatic nitrogens is 1. The van der Waals surface area contributed by atoms with E-state index in [1.54, 1.807) is 25.1 Å². The summed E-state index contributed by atoms with van der Waals surface area (Å²) >= 11 is 6.29. The Kier molecular flexibility index (Phi) is 5.14. The maximum absolute atomic E-state index is 12.3. The molecule has 1 aromatic heterocycles. The lowest BCUT2D eigenvalue weighted by Crippen LogP contribution is -2.02. The van der Waals surface area contributed by atoms with Crippen LogP contribution >= 0.6 is 11.6 Å². The van der Waals surface area contributed by atoms with Crippen molar-refractivity contribution in [1.82, 2.24) is 4.98 Å². The van der Waals surface area contributed by atoms with Gasteiger partial charge < -0.3 is 10.1 Å². The lowest BCUT2D eigenvalue weighted by molar-refractivity contribution is 0.0696. The molecule has 0 atom stereocenters. The van der Waals surface area contributed by atoms with Crippen molar-refractivity contribution >= 4 is 34.3 Å². The number of H-pyrrole nitrogens is 1. The minimum absolute atomic E-state index is 0.0248. The molecule has 0 saturated heterocycles. The topological polar surface area (TPSA) is 70.2 Å². The van der Waals surface area contributed by atoms with E-state index in [1.807, 2.05) is 25.1 Å². The van der Waals surface area contributed by atoms with Gasteiger partial charge in [-0.3, -0.25) is 4.79 Å². The molecule has 2 N–H and O–H groups in total. The van der Waals surface area contributed by atoms with Crippen LogP contribution in [0.2, 0.25) is 5.02 Å². The molecule has 3 aromatic rings. The number of rotatable bonds is 6. The van der Waals surface area contributed by atoms with Crippen molar-refractivity contribution in [2.45, 2.75) is 33.1 Å². The van der Waals surface area contributed by atoms with Gasteiger partial charge in [0.25, 0.3) is 0 Å². The van der Waals surface area contributed by atoms with Crippen LogP contribution in [0.4, 0.5) is 0 Å². The largest absolute Gasteiger partial charge is 0.478 e. The van der Waals surface area contributed by atoms with Crippen LogP contribution < -0.4 is 0 Å². The normalized spacial score (nSPS) is 11.0. The van der Waals surface area contributed by atoms with E-state index in [4.69, 9.17) is 11.6 Å². The van der Waals surface area contributed by atoms with Crippen molar-refractivity contribution in [1.29, 1.82) is 0 Å². The highest BCUT2D eigenvalue weighted by atomic mass is 35.5. The number of aryl methyl sites for hydroxylation is 1. The van der Waals surface area contributed by atoms with Crippen molar-refractivity contribution in [3.8, 4) is 0 Å². The molecule has 134 valence electrons. The van der Waals surface area contributed by atoms with Crippen LogP contribution in [-0.2, 0) is 12.8 Å². The molecule has 0 amide bonds.